The van der Waals surface area contributed by atoms with E-state index in [1.54, 1.807) is 23.2 Å². The highest BCUT2D eigenvalue weighted by Gasteiger charge is 2.27. The molecular formula is C17H18ClN3O2. The molecule has 1 saturated heterocycles. The highest BCUT2D eigenvalue weighted by molar-refractivity contribution is 6.42. The maximum absolute atomic E-state index is 12.3. The Hall–Kier alpha value is -2.27. The number of benzene rings is 1. The summed E-state index contributed by atoms with van der Waals surface area (Å²) in [4.78, 5) is 31.0. The number of rotatable bonds is 3. The average molecular weight is 332 g/mol. The number of aromatic amines is 1. The Kier molecular flexibility index (Phi) is 4.39. The summed E-state index contributed by atoms with van der Waals surface area (Å²) < 4.78 is 0. The van der Waals surface area contributed by atoms with Gasteiger partial charge in [-0.1, -0.05) is 17.7 Å². The lowest BCUT2D eigenvalue weighted by Gasteiger charge is -2.36. The van der Waals surface area contributed by atoms with Crippen LogP contribution < -0.4 is 4.90 Å². The van der Waals surface area contributed by atoms with Crippen molar-refractivity contribution >= 4 is 29.0 Å². The molecular weight excluding hydrogens is 314 g/mol. The van der Waals surface area contributed by atoms with Crippen molar-refractivity contribution < 1.29 is 9.59 Å². The number of carbonyl (C=O) groups excluding carboxylic acids is 2. The van der Waals surface area contributed by atoms with E-state index in [0.717, 1.165) is 11.3 Å². The Labute approximate surface area is 139 Å². The van der Waals surface area contributed by atoms with Gasteiger partial charge in [-0.05, 0) is 36.8 Å². The zero-order valence-electron chi connectivity index (χ0n) is 12.9. The van der Waals surface area contributed by atoms with Crippen molar-refractivity contribution in [1.82, 2.24) is 9.88 Å². The maximum Gasteiger partial charge on any atom is 0.296 e. The van der Waals surface area contributed by atoms with Gasteiger partial charge in [-0.2, -0.15) is 0 Å². The number of nitrogens with one attached hydrogen (secondary N) is 1. The second-order valence-electron chi connectivity index (χ2n) is 5.62. The number of carbonyl (C=O) groups is 2. The second-order valence-corrected chi connectivity index (χ2v) is 6.06. The van der Waals surface area contributed by atoms with Gasteiger partial charge in [0.15, 0.2) is 0 Å². The number of piperazine rings is 1. The number of halogens is 1. The first-order valence-electron chi connectivity index (χ1n) is 7.54. The van der Waals surface area contributed by atoms with Gasteiger partial charge in [-0.25, -0.2) is 0 Å². The van der Waals surface area contributed by atoms with Crippen LogP contribution in [0.3, 0.4) is 0 Å². The van der Waals surface area contributed by atoms with Crippen molar-refractivity contribution in [3.63, 3.8) is 0 Å². The van der Waals surface area contributed by atoms with Crippen molar-refractivity contribution in [2.75, 3.05) is 31.1 Å². The van der Waals surface area contributed by atoms with E-state index < -0.39 is 11.7 Å². The van der Waals surface area contributed by atoms with Crippen molar-refractivity contribution in [3.8, 4) is 0 Å². The fourth-order valence-corrected chi connectivity index (χ4v) is 2.97. The van der Waals surface area contributed by atoms with E-state index in [9.17, 15) is 9.59 Å². The molecule has 5 nitrogen and oxygen atoms in total. The van der Waals surface area contributed by atoms with Crippen LogP contribution >= 0.6 is 11.6 Å². The molecule has 0 radical (unpaired) electrons. The normalized spacial score (nSPS) is 14.9. The third kappa shape index (κ3) is 3.24. The molecule has 1 aliphatic rings. The van der Waals surface area contributed by atoms with Crippen LogP contribution in [0.2, 0.25) is 5.02 Å². The molecule has 1 N–H and O–H groups in total. The quantitative estimate of drug-likeness (QED) is 0.694. The minimum absolute atomic E-state index is 0.336. The molecule has 0 unspecified atom stereocenters. The summed E-state index contributed by atoms with van der Waals surface area (Å²) in [5.74, 6) is -0.933. The fourth-order valence-electron chi connectivity index (χ4n) is 2.80. The van der Waals surface area contributed by atoms with Crippen molar-refractivity contribution in [2.45, 2.75) is 6.92 Å². The predicted octanol–water partition coefficient (Wildman–Crippen LogP) is 2.51. The molecule has 2 aromatic rings. The number of aryl methyl sites for hydroxylation is 1. The van der Waals surface area contributed by atoms with E-state index in [-0.39, 0.29) is 0 Å². The first-order valence-corrected chi connectivity index (χ1v) is 7.92. The van der Waals surface area contributed by atoms with Gasteiger partial charge in [0, 0.05) is 43.1 Å². The summed E-state index contributed by atoms with van der Waals surface area (Å²) in [7, 11) is 0. The van der Waals surface area contributed by atoms with Crippen molar-refractivity contribution in [2.24, 2.45) is 0 Å². The number of H-pyrrole nitrogens is 1. The second kappa shape index (κ2) is 6.46. The molecule has 0 bridgehead atoms. The SMILES string of the molecule is Cc1ccc(Cl)cc1N1CCN(C(=O)C(=O)c2ccc[nH]2)CC1. The number of nitrogens with zero attached hydrogens (tertiary/aromatic N) is 2. The lowest BCUT2D eigenvalue weighted by molar-refractivity contribution is -0.126. The molecule has 6 heteroatoms. The first-order chi connectivity index (χ1) is 11.1. The summed E-state index contributed by atoms with van der Waals surface area (Å²) in [6, 6.07) is 9.13. The van der Waals surface area contributed by atoms with Crippen LogP contribution in [0.25, 0.3) is 0 Å². The van der Waals surface area contributed by atoms with Crippen LogP contribution in [-0.4, -0.2) is 47.8 Å². The molecule has 1 aliphatic heterocycles. The lowest BCUT2D eigenvalue weighted by atomic mass is 10.1. The maximum atomic E-state index is 12.3. The van der Waals surface area contributed by atoms with Crippen LogP contribution in [-0.2, 0) is 4.79 Å². The molecule has 1 aromatic heterocycles. The van der Waals surface area contributed by atoms with Gasteiger partial charge in [0.25, 0.3) is 11.7 Å². The first kappa shape index (κ1) is 15.6. The van der Waals surface area contributed by atoms with E-state index in [0.29, 0.717) is 36.9 Å². The molecule has 1 fully saturated rings. The fraction of sp³-hybridized carbons (Fsp3) is 0.294. The number of hydrogen-bond donors (Lipinski definition) is 1. The Morgan fingerprint density at radius 2 is 1.87 bits per heavy atom. The summed E-state index contributed by atoms with van der Waals surface area (Å²) in [5, 5.41) is 0.700. The van der Waals surface area contributed by atoms with Crippen LogP contribution in [0.4, 0.5) is 5.69 Å². The Bertz CT molecular complexity index is 719. The molecule has 3 rings (SSSR count). The van der Waals surface area contributed by atoms with Gasteiger partial charge in [-0.3, -0.25) is 9.59 Å². The van der Waals surface area contributed by atoms with E-state index in [2.05, 4.69) is 9.88 Å². The van der Waals surface area contributed by atoms with E-state index in [1.807, 2.05) is 25.1 Å². The van der Waals surface area contributed by atoms with E-state index in [1.165, 1.54) is 0 Å². The molecule has 0 saturated carbocycles. The van der Waals surface area contributed by atoms with Gasteiger partial charge in [0.1, 0.15) is 0 Å². The number of hydrogen-bond acceptors (Lipinski definition) is 3. The van der Waals surface area contributed by atoms with Crippen molar-refractivity contribution in [3.05, 3.63) is 52.8 Å². The van der Waals surface area contributed by atoms with Crippen LogP contribution in [0, 0.1) is 6.92 Å². The van der Waals surface area contributed by atoms with Crippen LogP contribution in [0.1, 0.15) is 16.1 Å². The van der Waals surface area contributed by atoms with Gasteiger partial charge in [0.2, 0.25) is 0 Å². The number of anilines is 1. The van der Waals surface area contributed by atoms with Gasteiger partial charge < -0.3 is 14.8 Å². The Balaban J connectivity index is 1.65. The molecule has 2 heterocycles. The number of amides is 1. The monoisotopic (exact) mass is 331 g/mol. The van der Waals surface area contributed by atoms with E-state index >= 15 is 0 Å². The van der Waals surface area contributed by atoms with Gasteiger partial charge in [0.05, 0.1) is 5.69 Å². The summed E-state index contributed by atoms with van der Waals surface area (Å²) in [6.07, 6.45) is 1.64. The third-order valence-electron chi connectivity index (χ3n) is 4.12. The molecule has 0 atom stereocenters. The largest absolute Gasteiger partial charge is 0.368 e. The number of Topliss-reactive ketones (excluding diaryl/α,β-unsaturated/α-hetero) is 1. The van der Waals surface area contributed by atoms with E-state index in [4.69, 9.17) is 11.6 Å². The van der Waals surface area contributed by atoms with Gasteiger partial charge in [-0.15, -0.1) is 0 Å². The molecule has 1 aromatic carbocycles. The molecule has 23 heavy (non-hydrogen) atoms. The lowest BCUT2D eigenvalue weighted by Crippen LogP contribution is -2.50. The average Bonchev–Trinajstić information content (AvgIpc) is 3.10. The zero-order valence-corrected chi connectivity index (χ0v) is 13.6. The van der Waals surface area contributed by atoms with Crippen LogP contribution in [0.5, 0.6) is 0 Å². The zero-order chi connectivity index (χ0) is 16.4. The Morgan fingerprint density at radius 1 is 1.13 bits per heavy atom. The molecule has 0 aliphatic carbocycles. The molecule has 120 valence electrons. The summed E-state index contributed by atoms with van der Waals surface area (Å²) in [5.41, 5.74) is 2.57. The third-order valence-corrected chi connectivity index (χ3v) is 4.35. The minimum Gasteiger partial charge on any atom is -0.368 e. The molecule has 1 amide bonds. The number of aromatic nitrogens is 1. The smallest absolute Gasteiger partial charge is 0.296 e. The highest BCUT2D eigenvalue weighted by atomic mass is 35.5. The topological polar surface area (TPSA) is 56.4 Å². The van der Waals surface area contributed by atoms with Crippen LogP contribution in [0.15, 0.2) is 36.5 Å². The van der Waals surface area contributed by atoms with Crippen molar-refractivity contribution in [1.29, 1.82) is 0 Å². The standard InChI is InChI=1S/C17H18ClN3O2/c1-12-4-5-13(18)11-15(12)20-7-9-21(10-8-20)17(23)16(22)14-3-2-6-19-14/h2-6,11,19H,7-10H2,1H3. The Morgan fingerprint density at radius 3 is 2.52 bits per heavy atom. The molecule has 0 spiro atoms. The minimum atomic E-state index is -0.484. The summed E-state index contributed by atoms with van der Waals surface area (Å²) >= 11 is 6.07. The predicted molar refractivity (Wildman–Crippen MR) is 90.1 cm³/mol. The van der Waals surface area contributed by atoms with Gasteiger partial charge >= 0.3 is 0 Å². The highest BCUT2D eigenvalue weighted by Crippen LogP contribution is 2.25. The summed E-state index contributed by atoms with van der Waals surface area (Å²) in [6.45, 7) is 4.46. The number of ketones is 1.